The van der Waals surface area contributed by atoms with Crippen LogP contribution >= 0.6 is 0 Å². The molecule has 3 heterocycles. The predicted molar refractivity (Wildman–Crippen MR) is 129 cm³/mol. The minimum atomic E-state index is -0.192. The van der Waals surface area contributed by atoms with Crippen LogP contribution in [0.4, 0.5) is 5.69 Å². The number of amides is 2. The molecule has 2 amide bonds. The number of anilines is 1. The lowest BCUT2D eigenvalue weighted by atomic mass is 9.94. The zero-order valence-corrected chi connectivity index (χ0v) is 19.7. The number of piperazine rings is 1. The highest BCUT2D eigenvalue weighted by molar-refractivity contribution is 6.23. The van der Waals surface area contributed by atoms with E-state index in [1.54, 1.807) is 6.07 Å². The van der Waals surface area contributed by atoms with Crippen LogP contribution in [0.5, 0.6) is 0 Å². The van der Waals surface area contributed by atoms with Crippen LogP contribution in [0.3, 0.4) is 0 Å². The van der Waals surface area contributed by atoms with E-state index in [0.29, 0.717) is 24.2 Å². The molecule has 1 aliphatic carbocycles. The highest BCUT2D eigenvalue weighted by Crippen LogP contribution is 2.32. The molecule has 1 fully saturated rings. The summed E-state index contributed by atoms with van der Waals surface area (Å²) in [5.74, 6) is 0.392. The number of benzene rings is 1. The van der Waals surface area contributed by atoms with Crippen LogP contribution in [0.15, 0.2) is 36.4 Å². The maximum absolute atomic E-state index is 13.3. The fourth-order valence-electron chi connectivity index (χ4n) is 5.44. The number of imide groups is 1. The number of carbonyl (C=O) groups excluding carboxylic acids is 2. The van der Waals surface area contributed by atoms with Gasteiger partial charge in [0, 0.05) is 45.0 Å². The third-order valence-corrected chi connectivity index (χ3v) is 7.22. The van der Waals surface area contributed by atoms with Crippen molar-refractivity contribution in [1.82, 2.24) is 19.6 Å². The minimum Gasteiger partial charge on any atom is -0.368 e. The van der Waals surface area contributed by atoms with Gasteiger partial charge in [-0.05, 0) is 57.2 Å². The van der Waals surface area contributed by atoms with Crippen molar-refractivity contribution < 1.29 is 9.59 Å². The lowest BCUT2D eigenvalue weighted by molar-refractivity contribution is 0.0647. The Morgan fingerprint density at radius 2 is 1.82 bits per heavy atom. The number of hydrogen-bond donors (Lipinski definition) is 0. The Hall–Kier alpha value is -2.93. The maximum atomic E-state index is 13.3. The second-order valence-electron chi connectivity index (χ2n) is 9.55. The van der Waals surface area contributed by atoms with Crippen LogP contribution in [0.25, 0.3) is 0 Å². The topological polar surface area (TPSA) is 61.7 Å². The summed E-state index contributed by atoms with van der Waals surface area (Å²) < 4.78 is 1.86. The van der Waals surface area contributed by atoms with Crippen molar-refractivity contribution in [2.24, 2.45) is 5.92 Å². The summed E-state index contributed by atoms with van der Waals surface area (Å²) in [6.45, 7) is 9.68. The van der Waals surface area contributed by atoms with Gasteiger partial charge in [-0.2, -0.15) is 5.10 Å². The molecule has 0 saturated carbocycles. The van der Waals surface area contributed by atoms with E-state index in [1.807, 2.05) is 36.7 Å². The number of rotatable bonds is 6. The number of hydrogen-bond acceptors (Lipinski definition) is 5. The van der Waals surface area contributed by atoms with E-state index in [9.17, 15) is 9.59 Å². The molecule has 3 aliphatic rings. The SMILES string of the molecule is Cc1cc(C)n(CCN2C(=O)c3cccc(N4CCN(C[C@H]5CC=CCC5)CC4)c3C2=O)n1. The summed E-state index contributed by atoms with van der Waals surface area (Å²) in [6.07, 6.45) is 8.29. The average Bonchev–Trinajstić information content (AvgIpc) is 3.28. The Kier molecular flexibility index (Phi) is 6.06. The van der Waals surface area contributed by atoms with Crippen molar-refractivity contribution in [3.63, 3.8) is 0 Å². The number of allylic oxidation sites excluding steroid dienone is 2. The van der Waals surface area contributed by atoms with Gasteiger partial charge in [-0.1, -0.05) is 18.2 Å². The molecule has 2 aromatic rings. The van der Waals surface area contributed by atoms with Gasteiger partial charge in [0.1, 0.15) is 0 Å². The molecule has 174 valence electrons. The molecule has 5 rings (SSSR count). The van der Waals surface area contributed by atoms with Gasteiger partial charge in [-0.15, -0.1) is 0 Å². The number of aryl methyl sites for hydroxylation is 2. The summed E-state index contributed by atoms with van der Waals surface area (Å²) in [6, 6.07) is 7.70. The molecule has 0 spiro atoms. The Morgan fingerprint density at radius 3 is 2.52 bits per heavy atom. The van der Waals surface area contributed by atoms with Gasteiger partial charge < -0.3 is 4.90 Å². The molecule has 33 heavy (non-hydrogen) atoms. The summed E-state index contributed by atoms with van der Waals surface area (Å²) in [4.78, 5) is 32.6. The van der Waals surface area contributed by atoms with E-state index >= 15 is 0 Å². The largest absolute Gasteiger partial charge is 0.368 e. The lowest BCUT2D eigenvalue weighted by Crippen LogP contribution is -2.48. The molecule has 1 atom stereocenters. The molecule has 1 saturated heterocycles. The molecule has 1 aromatic carbocycles. The first-order chi connectivity index (χ1) is 16.0. The molecule has 2 aliphatic heterocycles. The normalized spacial score (nSPS) is 21.2. The minimum absolute atomic E-state index is 0.177. The highest BCUT2D eigenvalue weighted by Gasteiger charge is 2.38. The molecular formula is C26H33N5O2. The zero-order chi connectivity index (χ0) is 22.9. The third-order valence-electron chi connectivity index (χ3n) is 7.22. The number of aromatic nitrogens is 2. The molecule has 0 radical (unpaired) electrons. The summed E-state index contributed by atoms with van der Waals surface area (Å²) in [5.41, 5.74) is 3.98. The molecule has 1 aromatic heterocycles. The van der Waals surface area contributed by atoms with Crippen molar-refractivity contribution in [1.29, 1.82) is 0 Å². The van der Waals surface area contributed by atoms with Gasteiger partial charge in [-0.25, -0.2) is 0 Å². The third kappa shape index (κ3) is 4.34. The Labute approximate surface area is 195 Å². The van der Waals surface area contributed by atoms with Gasteiger partial charge in [0.15, 0.2) is 0 Å². The molecule has 0 bridgehead atoms. The molecule has 7 nitrogen and oxygen atoms in total. The maximum Gasteiger partial charge on any atom is 0.263 e. The van der Waals surface area contributed by atoms with E-state index in [1.165, 1.54) is 24.2 Å². The van der Waals surface area contributed by atoms with Crippen LogP contribution in [0, 0.1) is 19.8 Å². The first kappa shape index (κ1) is 21.9. The van der Waals surface area contributed by atoms with Gasteiger partial charge in [0.05, 0.1) is 29.1 Å². The Bertz CT molecular complexity index is 1080. The monoisotopic (exact) mass is 447 g/mol. The van der Waals surface area contributed by atoms with E-state index in [2.05, 4.69) is 27.1 Å². The van der Waals surface area contributed by atoms with E-state index in [-0.39, 0.29) is 11.8 Å². The number of fused-ring (bicyclic) bond motifs is 1. The van der Waals surface area contributed by atoms with Crippen LogP contribution in [-0.2, 0) is 6.54 Å². The van der Waals surface area contributed by atoms with Gasteiger partial charge in [0.25, 0.3) is 11.8 Å². The van der Waals surface area contributed by atoms with Gasteiger partial charge in [0.2, 0.25) is 0 Å². The van der Waals surface area contributed by atoms with E-state index < -0.39 is 0 Å². The molecule has 7 heteroatoms. The zero-order valence-electron chi connectivity index (χ0n) is 19.7. The fourth-order valence-corrected chi connectivity index (χ4v) is 5.44. The second-order valence-corrected chi connectivity index (χ2v) is 9.55. The van der Waals surface area contributed by atoms with Crippen molar-refractivity contribution >= 4 is 17.5 Å². The summed E-state index contributed by atoms with van der Waals surface area (Å²) in [5, 5.41) is 4.46. The molecular weight excluding hydrogens is 414 g/mol. The fraction of sp³-hybridized carbons (Fsp3) is 0.500. The van der Waals surface area contributed by atoms with E-state index in [4.69, 9.17) is 0 Å². The van der Waals surface area contributed by atoms with Crippen molar-refractivity contribution in [3.05, 3.63) is 58.9 Å². The number of nitrogens with zero attached hydrogens (tertiary/aromatic N) is 5. The first-order valence-corrected chi connectivity index (χ1v) is 12.1. The highest BCUT2D eigenvalue weighted by atomic mass is 16.2. The smallest absolute Gasteiger partial charge is 0.263 e. The van der Waals surface area contributed by atoms with Crippen LogP contribution in [0.1, 0.15) is 51.4 Å². The van der Waals surface area contributed by atoms with Gasteiger partial charge >= 0.3 is 0 Å². The van der Waals surface area contributed by atoms with Crippen molar-refractivity contribution in [2.45, 2.75) is 39.7 Å². The van der Waals surface area contributed by atoms with Crippen LogP contribution in [0.2, 0.25) is 0 Å². The van der Waals surface area contributed by atoms with Gasteiger partial charge in [-0.3, -0.25) is 24.1 Å². The predicted octanol–water partition coefficient (Wildman–Crippen LogP) is 3.27. The van der Waals surface area contributed by atoms with Crippen LogP contribution < -0.4 is 4.90 Å². The van der Waals surface area contributed by atoms with E-state index in [0.717, 1.165) is 55.7 Å². The summed E-state index contributed by atoms with van der Waals surface area (Å²) in [7, 11) is 0. The average molecular weight is 448 g/mol. The number of carbonyl (C=O) groups is 2. The molecule has 0 unspecified atom stereocenters. The Morgan fingerprint density at radius 1 is 1.00 bits per heavy atom. The lowest BCUT2D eigenvalue weighted by Gasteiger charge is -2.38. The Balaban J connectivity index is 1.26. The standard InChI is InChI=1S/C26H33N5O2/c1-19-17-20(2)31(27-19)16-15-30-25(32)22-9-6-10-23(24(22)26(30)33)29-13-11-28(12-14-29)18-21-7-4-3-5-8-21/h3-4,6,9-10,17,21H,5,7-8,11-16,18H2,1-2H3/t21-/m0/s1. The quantitative estimate of drug-likeness (QED) is 0.502. The van der Waals surface area contributed by atoms with Crippen molar-refractivity contribution in [3.8, 4) is 0 Å². The van der Waals surface area contributed by atoms with Crippen LogP contribution in [-0.4, -0.2) is 70.7 Å². The second kappa shape index (κ2) is 9.14. The first-order valence-electron chi connectivity index (χ1n) is 12.1. The van der Waals surface area contributed by atoms with Crippen molar-refractivity contribution in [2.75, 3.05) is 44.2 Å². The summed E-state index contributed by atoms with van der Waals surface area (Å²) >= 11 is 0. The molecule has 0 N–H and O–H groups in total.